The Morgan fingerprint density at radius 3 is 2.45 bits per heavy atom. The third-order valence-electron chi connectivity index (χ3n) is 3.11. The second-order valence-electron chi connectivity index (χ2n) is 4.83. The van der Waals surface area contributed by atoms with Crippen LogP contribution in [-0.4, -0.2) is 5.75 Å². The molecule has 0 aliphatic rings. The number of nitrogens with two attached hydrogens (primary N) is 1. The van der Waals surface area contributed by atoms with E-state index in [2.05, 4.69) is 0 Å². The molecule has 1 nitrogen and oxygen atoms in total. The van der Waals surface area contributed by atoms with Crippen LogP contribution in [0.25, 0.3) is 0 Å². The van der Waals surface area contributed by atoms with E-state index in [1.807, 2.05) is 19.9 Å². The van der Waals surface area contributed by atoms with Gasteiger partial charge in [0.15, 0.2) is 0 Å². The Morgan fingerprint density at radius 1 is 1.10 bits per heavy atom. The molecule has 0 saturated carbocycles. The average molecular weight is 293 g/mol. The van der Waals surface area contributed by atoms with Crippen molar-refractivity contribution in [3.63, 3.8) is 0 Å². The van der Waals surface area contributed by atoms with E-state index < -0.39 is 6.04 Å². The molecular weight excluding hydrogens is 276 g/mol. The second kappa shape index (κ2) is 6.37. The minimum Gasteiger partial charge on any atom is -0.323 e. The minimum absolute atomic E-state index is 0.272. The monoisotopic (exact) mass is 293 g/mol. The van der Waals surface area contributed by atoms with Crippen molar-refractivity contribution in [2.75, 3.05) is 5.75 Å². The predicted molar refractivity (Wildman–Crippen MR) is 79.9 cm³/mol. The van der Waals surface area contributed by atoms with E-state index in [9.17, 15) is 8.78 Å². The van der Waals surface area contributed by atoms with Crippen LogP contribution in [0.1, 0.15) is 22.7 Å². The molecule has 106 valence electrons. The van der Waals surface area contributed by atoms with Crippen LogP contribution in [0.15, 0.2) is 41.3 Å². The molecule has 0 heterocycles. The molecule has 0 saturated heterocycles. The van der Waals surface area contributed by atoms with Crippen molar-refractivity contribution in [1.82, 2.24) is 0 Å². The Bertz CT molecular complexity index is 590. The van der Waals surface area contributed by atoms with Crippen LogP contribution in [0.4, 0.5) is 8.78 Å². The van der Waals surface area contributed by atoms with Gasteiger partial charge in [0.25, 0.3) is 0 Å². The first-order valence-corrected chi connectivity index (χ1v) is 7.37. The zero-order valence-corrected chi connectivity index (χ0v) is 12.3. The van der Waals surface area contributed by atoms with Gasteiger partial charge in [-0.1, -0.05) is 18.2 Å². The quantitative estimate of drug-likeness (QED) is 0.847. The van der Waals surface area contributed by atoms with E-state index in [4.69, 9.17) is 5.73 Å². The van der Waals surface area contributed by atoms with Crippen LogP contribution in [0, 0.1) is 25.5 Å². The van der Waals surface area contributed by atoms with Crippen molar-refractivity contribution >= 4 is 11.8 Å². The number of halogens is 2. The number of thioether (sulfide) groups is 1. The third kappa shape index (κ3) is 3.38. The largest absolute Gasteiger partial charge is 0.323 e. The fraction of sp³-hybridized carbons (Fsp3) is 0.250. The Kier molecular flexibility index (Phi) is 4.78. The van der Waals surface area contributed by atoms with Crippen LogP contribution in [0.3, 0.4) is 0 Å². The van der Waals surface area contributed by atoms with E-state index in [-0.39, 0.29) is 11.6 Å². The summed E-state index contributed by atoms with van der Waals surface area (Å²) < 4.78 is 27.5. The molecule has 0 bridgehead atoms. The zero-order valence-electron chi connectivity index (χ0n) is 11.5. The highest BCUT2D eigenvalue weighted by molar-refractivity contribution is 7.99. The molecule has 4 heteroatoms. The Hall–Kier alpha value is -1.39. The third-order valence-corrected chi connectivity index (χ3v) is 4.27. The fourth-order valence-corrected chi connectivity index (χ4v) is 3.13. The molecule has 1 unspecified atom stereocenters. The molecule has 0 amide bonds. The van der Waals surface area contributed by atoms with Gasteiger partial charge >= 0.3 is 0 Å². The molecule has 2 rings (SSSR count). The summed E-state index contributed by atoms with van der Waals surface area (Å²) in [4.78, 5) is 0.535. The summed E-state index contributed by atoms with van der Waals surface area (Å²) in [6, 6.07) is 9.45. The molecule has 0 fully saturated rings. The summed E-state index contributed by atoms with van der Waals surface area (Å²) in [5.41, 5.74) is 8.28. The van der Waals surface area contributed by atoms with Crippen LogP contribution < -0.4 is 5.73 Å². The SMILES string of the molecule is Cc1cc(C)c(C(N)CSc2ccccc2F)c(F)c1. The van der Waals surface area contributed by atoms with Crippen LogP contribution >= 0.6 is 11.8 Å². The average Bonchev–Trinajstić information content (AvgIpc) is 2.36. The summed E-state index contributed by atoms with van der Waals surface area (Å²) >= 11 is 1.30. The molecule has 1 atom stereocenters. The fourth-order valence-electron chi connectivity index (χ4n) is 2.22. The maximum absolute atomic E-state index is 14.0. The van der Waals surface area contributed by atoms with Gasteiger partial charge in [-0.3, -0.25) is 0 Å². The standard InChI is InChI=1S/C16H17F2NS/c1-10-7-11(2)16(13(18)8-10)14(19)9-20-15-6-4-3-5-12(15)17/h3-8,14H,9,19H2,1-2H3. The molecule has 0 spiro atoms. The first kappa shape index (κ1) is 15.0. The number of benzene rings is 2. The van der Waals surface area contributed by atoms with Crippen molar-refractivity contribution in [3.05, 3.63) is 64.7 Å². The number of hydrogen-bond donors (Lipinski definition) is 1. The first-order chi connectivity index (χ1) is 9.49. The molecule has 20 heavy (non-hydrogen) atoms. The van der Waals surface area contributed by atoms with Gasteiger partial charge < -0.3 is 5.73 Å². The van der Waals surface area contributed by atoms with Gasteiger partial charge in [-0.15, -0.1) is 11.8 Å². The van der Waals surface area contributed by atoms with Gasteiger partial charge in [0.1, 0.15) is 11.6 Å². The van der Waals surface area contributed by atoms with E-state index in [0.29, 0.717) is 16.2 Å². The van der Waals surface area contributed by atoms with Gasteiger partial charge in [-0.25, -0.2) is 8.78 Å². The molecule has 2 N–H and O–H groups in total. The first-order valence-electron chi connectivity index (χ1n) is 6.38. The number of aryl methyl sites for hydroxylation is 2. The highest BCUT2D eigenvalue weighted by atomic mass is 32.2. The smallest absolute Gasteiger partial charge is 0.136 e. The van der Waals surface area contributed by atoms with Crippen molar-refractivity contribution in [2.45, 2.75) is 24.8 Å². The van der Waals surface area contributed by atoms with Crippen LogP contribution in [-0.2, 0) is 0 Å². The number of rotatable bonds is 4. The second-order valence-corrected chi connectivity index (χ2v) is 5.89. The molecule has 0 aliphatic heterocycles. The van der Waals surface area contributed by atoms with Gasteiger partial charge in [0.05, 0.1) is 0 Å². The van der Waals surface area contributed by atoms with Gasteiger partial charge in [0, 0.05) is 22.3 Å². The molecule has 2 aromatic rings. The van der Waals surface area contributed by atoms with Crippen molar-refractivity contribution in [2.24, 2.45) is 5.73 Å². The summed E-state index contributed by atoms with van der Waals surface area (Å²) in [6.45, 7) is 3.69. The normalized spacial score (nSPS) is 12.4. The van der Waals surface area contributed by atoms with E-state index in [0.717, 1.165) is 11.1 Å². The zero-order chi connectivity index (χ0) is 14.7. The highest BCUT2D eigenvalue weighted by Crippen LogP contribution is 2.28. The summed E-state index contributed by atoms with van der Waals surface area (Å²) in [7, 11) is 0. The van der Waals surface area contributed by atoms with Crippen LogP contribution in [0.2, 0.25) is 0 Å². The maximum Gasteiger partial charge on any atom is 0.136 e. The summed E-state index contributed by atoms with van der Waals surface area (Å²) in [6.07, 6.45) is 0. The van der Waals surface area contributed by atoms with E-state index >= 15 is 0 Å². The van der Waals surface area contributed by atoms with Crippen molar-refractivity contribution < 1.29 is 8.78 Å². The maximum atomic E-state index is 14.0. The lowest BCUT2D eigenvalue weighted by molar-refractivity contribution is 0.590. The lowest BCUT2D eigenvalue weighted by Gasteiger charge is -2.16. The van der Waals surface area contributed by atoms with E-state index in [1.165, 1.54) is 23.9 Å². The molecule has 0 aromatic heterocycles. The lowest BCUT2D eigenvalue weighted by atomic mass is 10.00. The van der Waals surface area contributed by atoms with Gasteiger partial charge in [-0.05, 0) is 43.2 Å². The Morgan fingerprint density at radius 2 is 1.80 bits per heavy atom. The molecule has 0 radical (unpaired) electrons. The summed E-state index contributed by atoms with van der Waals surface area (Å²) in [5.74, 6) is -0.128. The Labute approximate surface area is 122 Å². The molecule has 0 aliphatic carbocycles. The predicted octanol–water partition coefficient (Wildman–Crippen LogP) is 4.37. The van der Waals surface area contributed by atoms with Gasteiger partial charge in [-0.2, -0.15) is 0 Å². The van der Waals surface area contributed by atoms with Crippen molar-refractivity contribution in [3.8, 4) is 0 Å². The Balaban J connectivity index is 2.13. The minimum atomic E-state index is -0.458. The van der Waals surface area contributed by atoms with Gasteiger partial charge in [0.2, 0.25) is 0 Å². The summed E-state index contributed by atoms with van der Waals surface area (Å²) in [5, 5.41) is 0. The molecule has 2 aromatic carbocycles. The van der Waals surface area contributed by atoms with E-state index in [1.54, 1.807) is 18.2 Å². The molecular formula is C16H17F2NS. The van der Waals surface area contributed by atoms with Crippen molar-refractivity contribution in [1.29, 1.82) is 0 Å². The number of hydrogen-bond acceptors (Lipinski definition) is 2. The van der Waals surface area contributed by atoms with Crippen LogP contribution in [0.5, 0.6) is 0 Å². The highest BCUT2D eigenvalue weighted by Gasteiger charge is 2.16. The lowest BCUT2D eigenvalue weighted by Crippen LogP contribution is -2.16. The topological polar surface area (TPSA) is 26.0 Å².